The molecule has 0 aromatic rings. The van der Waals surface area contributed by atoms with E-state index in [4.69, 9.17) is 0 Å². The maximum absolute atomic E-state index is 0. The SMILES string of the molecule is [Bi+3].[Bi+3].[Ir].[Ir].[O-2].[O-2].[O-2].[O-2].[O-2].[O-2].[O-2]. The van der Waals surface area contributed by atoms with Gasteiger partial charge in [-0.25, -0.2) is 0 Å². The number of hydrogen-bond donors (Lipinski definition) is 0. The minimum Gasteiger partial charge on any atom is -2.00 e. The second-order valence-corrected chi connectivity index (χ2v) is 0. The van der Waals surface area contributed by atoms with Gasteiger partial charge < -0.3 is 38.3 Å². The van der Waals surface area contributed by atoms with Crippen molar-refractivity contribution in [3.63, 3.8) is 0 Å². The van der Waals surface area contributed by atoms with Gasteiger partial charge in [0.15, 0.2) is 0 Å². The van der Waals surface area contributed by atoms with E-state index in [1.165, 1.54) is 0 Å². The van der Waals surface area contributed by atoms with Crippen molar-refractivity contribution in [1.29, 1.82) is 0 Å². The molecule has 0 rings (SSSR count). The summed E-state index contributed by atoms with van der Waals surface area (Å²) in [4.78, 5) is 0. The second kappa shape index (κ2) is 229. The van der Waals surface area contributed by atoms with Gasteiger partial charge in [0.05, 0.1) is 0 Å². The first-order valence-electron chi connectivity index (χ1n) is 0. The van der Waals surface area contributed by atoms with Gasteiger partial charge in [-0.05, 0) is 0 Å². The Balaban J connectivity index is 0. The molecule has 0 N–H and O–H groups in total. The van der Waals surface area contributed by atoms with Crippen molar-refractivity contribution in [1.82, 2.24) is 0 Å². The van der Waals surface area contributed by atoms with Crippen LogP contribution in [0.2, 0.25) is 0 Å². The van der Waals surface area contributed by atoms with Crippen molar-refractivity contribution in [2.75, 3.05) is 0 Å². The van der Waals surface area contributed by atoms with Gasteiger partial charge in [-0.1, -0.05) is 0 Å². The van der Waals surface area contributed by atoms with Crippen LogP contribution in [-0.2, 0) is 78.5 Å². The summed E-state index contributed by atoms with van der Waals surface area (Å²) in [5, 5.41) is 0. The first-order chi connectivity index (χ1) is 0. The Labute approximate surface area is 129 Å². The summed E-state index contributed by atoms with van der Waals surface area (Å²) in [6.07, 6.45) is 0. The third-order valence-corrected chi connectivity index (χ3v) is 0. The minimum atomic E-state index is 0. The van der Waals surface area contributed by atoms with Crippen LogP contribution in [0.1, 0.15) is 0 Å². The molecule has 0 heterocycles. The molecule has 0 amide bonds. The summed E-state index contributed by atoms with van der Waals surface area (Å²) in [6.45, 7) is 0. The average Bonchev–Trinajstić information content (AvgIpc) is 0. The van der Waals surface area contributed by atoms with Crippen LogP contribution in [0.5, 0.6) is 0 Å². The quantitative estimate of drug-likeness (QED) is 0.253. The number of hydrogen-bond acceptors (Lipinski definition) is 0. The molecule has 0 unspecified atom stereocenters. The predicted octanol–water partition coefficient (Wildman–Crippen LogP) is -1.60. The predicted molar refractivity (Wildman–Crippen MR) is 16.3 cm³/mol. The van der Waals surface area contributed by atoms with Gasteiger partial charge in [-0.15, -0.1) is 0 Å². The van der Waals surface area contributed by atoms with E-state index in [1.807, 2.05) is 0 Å². The fourth-order valence-electron chi connectivity index (χ4n) is 0. The van der Waals surface area contributed by atoms with Gasteiger partial charge in [0, 0.05) is 40.2 Å². The summed E-state index contributed by atoms with van der Waals surface area (Å²) in [5.41, 5.74) is 0. The van der Waals surface area contributed by atoms with Crippen LogP contribution in [0.4, 0.5) is 0 Å². The normalized spacial score (nSPS) is 0. The Bertz CT molecular complexity index is 14.4. The van der Waals surface area contributed by atoms with Crippen LogP contribution in [-0.4, -0.2) is 52.4 Å². The van der Waals surface area contributed by atoms with Crippen LogP contribution < -0.4 is 0 Å². The molecule has 0 bridgehead atoms. The fraction of sp³-hybridized carbons (Fsp3) is 0. The van der Waals surface area contributed by atoms with Crippen LogP contribution in [0.3, 0.4) is 0 Å². The minimum absolute atomic E-state index is 0. The fourth-order valence-corrected chi connectivity index (χ4v) is 0. The molecule has 0 aromatic carbocycles. The first kappa shape index (κ1) is 291. The Hall–Kier alpha value is 2.78. The van der Waals surface area contributed by atoms with Crippen molar-refractivity contribution >= 4 is 52.4 Å². The zero-order valence-corrected chi connectivity index (χ0v) is 16.2. The molecule has 0 atom stereocenters. The first-order valence-corrected chi connectivity index (χ1v) is 0. The molecule has 0 saturated heterocycles. The molecule has 78 valence electrons. The molecule has 11 heavy (non-hydrogen) atoms. The molecule has 0 aliphatic carbocycles. The van der Waals surface area contributed by atoms with E-state index >= 15 is 0 Å². The van der Waals surface area contributed by atoms with E-state index in [0.717, 1.165) is 0 Å². The van der Waals surface area contributed by atoms with Crippen LogP contribution in [0, 0.1) is 0 Å². The van der Waals surface area contributed by atoms with Gasteiger partial charge in [0.25, 0.3) is 0 Å². The van der Waals surface area contributed by atoms with Crippen LogP contribution in [0.15, 0.2) is 0 Å². The van der Waals surface area contributed by atoms with Crippen LogP contribution in [0.25, 0.3) is 0 Å². The van der Waals surface area contributed by atoms with Crippen molar-refractivity contribution in [3.8, 4) is 0 Å². The molecule has 0 fully saturated rings. The van der Waals surface area contributed by atoms with Gasteiger partial charge >= 0.3 is 52.4 Å². The largest absolute Gasteiger partial charge is 3.00 e. The molecule has 0 aromatic heterocycles. The standard InChI is InChI=1S/2Bi.2Ir.7O/q2*+3;;;7*-2. The summed E-state index contributed by atoms with van der Waals surface area (Å²) in [5.74, 6) is 0. The van der Waals surface area contributed by atoms with Gasteiger partial charge in [0.1, 0.15) is 0 Å². The Morgan fingerprint density at radius 3 is 0.273 bits per heavy atom. The summed E-state index contributed by atoms with van der Waals surface area (Å²) in [6, 6.07) is 0. The molecule has 0 saturated carbocycles. The zero-order valence-electron chi connectivity index (χ0n) is 4.42. The van der Waals surface area contributed by atoms with Gasteiger partial charge in [-0.2, -0.15) is 0 Å². The molecule has 7 nitrogen and oxygen atoms in total. The molecule has 0 spiro atoms. The van der Waals surface area contributed by atoms with Crippen LogP contribution >= 0.6 is 0 Å². The molecular formula is Bi2Ir2O7-8. The van der Waals surface area contributed by atoms with Gasteiger partial charge in [-0.3, -0.25) is 0 Å². The summed E-state index contributed by atoms with van der Waals surface area (Å²) >= 11 is 0. The third kappa shape index (κ3) is 192. The smallest absolute Gasteiger partial charge is 2.00 e. The Morgan fingerprint density at radius 2 is 0.273 bits per heavy atom. The average molecular weight is 914 g/mol. The molecule has 6 radical (unpaired) electrons. The summed E-state index contributed by atoms with van der Waals surface area (Å²) < 4.78 is 0. The van der Waals surface area contributed by atoms with Gasteiger partial charge in [0.2, 0.25) is 0 Å². The molecule has 0 aliphatic rings. The van der Waals surface area contributed by atoms with E-state index in [-0.39, 0.29) is 131 Å². The maximum Gasteiger partial charge on any atom is 3.00 e. The third-order valence-electron chi connectivity index (χ3n) is 0. The van der Waals surface area contributed by atoms with E-state index in [9.17, 15) is 0 Å². The molecule has 11 heteroatoms. The molecular weight excluding hydrogens is 914 g/mol. The second-order valence-electron chi connectivity index (χ2n) is 0. The maximum atomic E-state index is 0. The van der Waals surface area contributed by atoms with E-state index < -0.39 is 0 Å². The number of rotatable bonds is 0. The Kier molecular flexibility index (Phi) is 6050. The van der Waals surface area contributed by atoms with E-state index in [1.54, 1.807) is 0 Å². The van der Waals surface area contributed by atoms with Crippen molar-refractivity contribution in [3.05, 3.63) is 0 Å². The van der Waals surface area contributed by atoms with Crippen molar-refractivity contribution in [2.24, 2.45) is 0 Å². The monoisotopic (exact) mass is 916 g/mol. The van der Waals surface area contributed by atoms with Crippen molar-refractivity contribution in [2.45, 2.75) is 0 Å². The van der Waals surface area contributed by atoms with Crippen molar-refractivity contribution < 1.29 is 78.5 Å². The van der Waals surface area contributed by atoms with E-state index in [2.05, 4.69) is 0 Å². The zero-order chi connectivity index (χ0) is 0. The Morgan fingerprint density at radius 1 is 0.273 bits per heavy atom. The topological polar surface area (TPSA) is 200 Å². The molecule has 0 aliphatic heterocycles. The summed E-state index contributed by atoms with van der Waals surface area (Å²) in [7, 11) is 0. The van der Waals surface area contributed by atoms with E-state index in [0.29, 0.717) is 0 Å².